The Balaban J connectivity index is 1.68. The second-order valence-corrected chi connectivity index (χ2v) is 7.28. The van der Waals surface area contributed by atoms with Gasteiger partial charge >= 0.3 is 0 Å². The van der Waals surface area contributed by atoms with Gasteiger partial charge in [0.1, 0.15) is 5.69 Å². The first-order valence-corrected chi connectivity index (χ1v) is 9.62. The van der Waals surface area contributed by atoms with E-state index in [9.17, 15) is 4.79 Å². The van der Waals surface area contributed by atoms with E-state index in [1.54, 1.807) is 30.3 Å². The van der Waals surface area contributed by atoms with Crippen molar-refractivity contribution in [2.24, 2.45) is 0 Å². The van der Waals surface area contributed by atoms with Crippen LogP contribution < -0.4 is 5.32 Å². The number of benzene rings is 1. The molecule has 0 radical (unpaired) electrons. The number of amides is 1. The summed E-state index contributed by atoms with van der Waals surface area (Å²) in [5.41, 5.74) is 3.23. The van der Waals surface area contributed by atoms with Crippen molar-refractivity contribution in [3.8, 4) is 16.3 Å². The molecule has 0 aliphatic heterocycles. The Labute approximate surface area is 158 Å². The quantitative estimate of drug-likeness (QED) is 0.619. The Hall–Kier alpha value is -2.44. The van der Waals surface area contributed by atoms with E-state index in [0.29, 0.717) is 6.42 Å². The third-order valence-corrected chi connectivity index (χ3v) is 5.00. The molecular formula is C20H24N4OS. The van der Waals surface area contributed by atoms with Gasteiger partial charge in [0.15, 0.2) is 0 Å². The minimum Gasteiger partial charge on any atom is -0.349 e. The summed E-state index contributed by atoms with van der Waals surface area (Å²) >= 11 is 1.70. The number of carbonyl (C=O) groups is 1. The number of thiophene rings is 1. The molecule has 0 bridgehead atoms. The molecule has 3 rings (SSSR count). The second-order valence-electron chi connectivity index (χ2n) is 6.33. The van der Waals surface area contributed by atoms with Crippen molar-refractivity contribution in [3.63, 3.8) is 0 Å². The van der Waals surface area contributed by atoms with Gasteiger partial charge in [-0.1, -0.05) is 24.3 Å². The van der Waals surface area contributed by atoms with Crippen molar-refractivity contribution < 1.29 is 4.79 Å². The number of hydrogen-bond donors (Lipinski definition) is 1. The summed E-state index contributed by atoms with van der Waals surface area (Å²) in [5.74, 6) is 0.169. The first-order chi connectivity index (χ1) is 12.6. The van der Waals surface area contributed by atoms with Gasteiger partial charge in [-0.25, -0.2) is 4.68 Å². The molecule has 0 fully saturated rings. The van der Waals surface area contributed by atoms with E-state index >= 15 is 0 Å². The van der Waals surface area contributed by atoms with Gasteiger partial charge < -0.3 is 10.2 Å². The van der Waals surface area contributed by atoms with E-state index in [1.165, 1.54) is 4.88 Å². The molecule has 0 aliphatic carbocycles. The molecule has 2 aromatic heterocycles. The zero-order valence-corrected chi connectivity index (χ0v) is 16.0. The fourth-order valence-corrected chi connectivity index (χ4v) is 3.43. The van der Waals surface area contributed by atoms with E-state index < -0.39 is 0 Å². The first kappa shape index (κ1) is 18.4. The van der Waals surface area contributed by atoms with Gasteiger partial charge in [-0.3, -0.25) is 4.79 Å². The molecule has 0 saturated heterocycles. The number of rotatable bonds is 8. The second kappa shape index (κ2) is 8.78. The molecule has 0 aliphatic rings. The van der Waals surface area contributed by atoms with Crippen LogP contribution in [0, 0.1) is 0 Å². The number of carbonyl (C=O) groups excluding carboxylic acids is 1. The lowest BCUT2D eigenvalue weighted by molar-refractivity contribution is -0.128. The van der Waals surface area contributed by atoms with Crippen molar-refractivity contribution in [1.82, 2.24) is 20.0 Å². The van der Waals surface area contributed by atoms with Gasteiger partial charge in [-0.15, -0.1) is 11.3 Å². The summed E-state index contributed by atoms with van der Waals surface area (Å²) in [6, 6.07) is 14.3. The van der Waals surface area contributed by atoms with Crippen LogP contribution in [-0.4, -0.2) is 41.2 Å². The van der Waals surface area contributed by atoms with Crippen LogP contribution in [0.4, 0.5) is 0 Å². The average Bonchev–Trinajstić information content (AvgIpc) is 3.31. The lowest BCUT2D eigenvalue weighted by atomic mass is 10.2. The molecule has 0 spiro atoms. The largest absolute Gasteiger partial charge is 0.349 e. The highest BCUT2D eigenvalue weighted by atomic mass is 32.1. The zero-order chi connectivity index (χ0) is 18.4. The third kappa shape index (κ3) is 4.59. The van der Waals surface area contributed by atoms with E-state index in [1.807, 2.05) is 28.9 Å². The summed E-state index contributed by atoms with van der Waals surface area (Å²) < 4.78 is 1.93. The number of nitrogens with one attached hydrogen (secondary N) is 1. The summed E-state index contributed by atoms with van der Waals surface area (Å²) in [5, 5.41) is 10.3. The monoisotopic (exact) mass is 368 g/mol. The fraction of sp³-hybridized carbons (Fsp3) is 0.300. The highest BCUT2D eigenvalue weighted by Crippen LogP contribution is 2.27. The maximum Gasteiger partial charge on any atom is 0.222 e. The lowest BCUT2D eigenvalue weighted by Gasteiger charge is -2.10. The zero-order valence-electron chi connectivity index (χ0n) is 15.2. The highest BCUT2D eigenvalue weighted by molar-refractivity contribution is 7.13. The lowest BCUT2D eigenvalue weighted by Crippen LogP contribution is -2.23. The van der Waals surface area contributed by atoms with Crippen molar-refractivity contribution in [3.05, 3.63) is 59.6 Å². The van der Waals surface area contributed by atoms with Crippen LogP contribution in [0.15, 0.2) is 54.0 Å². The Morgan fingerprint density at radius 3 is 2.69 bits per heavy atom. The topological polar surface area (TPSA) is 50.2 Å². The fourth-order valence-electron chi connectivity index (χ4n) is 2.68. The standard InChI is InChI=1S/C20H24N4OS/c1-23(2)19(25)11-6-12-21-14-16-15-24(17-8-4-3-5-9-17)22-20(16)18-10-7-13-26-18/h3-5,7-10,13,15,21H,6,11-12,14H2,1-2H3. The molecule has 1 amide bonds. The highest BCUT2D eigenvalue weighted by Gasteiger charge is 2.13. The summed E-state index contributed by atoms with van der Waals surface area (Å²) in [7, 11) is 3.59. The first-order valence-electron chi connectivity index (χ1n) is 8.74. The van der Waals surface area contributed by atoms with Crippen molar-refractivity contribution in [2.75, 3.05) is 20.6 Å². The van der Waals surface area contributed by atoms with E-state index in [0.717, 1.165) is 36.5 Å². The minimum atomic E-state index is 0.169. The van der Waals surface area contributed by atoms with Gasteiger partial charge in [0.05, 0.1) is 10.6 Å². The molecule has 6 heteroatoms. The van der Waals surface area contributed by atoms with Gasteiger partial charge in [0.25, 0.3) is 0 Å². The van der Waals surface area contributed by atoms with Crippen LogP contribution in [0.1, 0.15) is 18.4 Å². The molecule has 0 atom stereocenters. The molecule has 5 nitrogen and oxygen atoms in total. The summed E-state index contributed by atoms with van der Waals surface area (Å²) in [6.07, 6.45) is 3.49. The Morgan fingerprint density at radius 2 is 2.00 bits per heavy atom. The summed E-state index contributed by atoms with van der Waals surface area (Å²) in [6.45, 7) is 1.54. The number of nitrogens with zero attached hydrogens (tertiary/aromatic N) is 3. The maximum absolute atomic E-state index is 11.6. The van der Waals surface area contributed by atoms with Crippen LogP contribution in [0.5, 0.6) is 0 Å². The van der Waals surface area contributed by atoms with Crippen molar-refractivity contribution >= 4 is 17.2 Å². The molecule has 1 aromatic carbocycles. The molecule has 136 valence electrons. The predicted molar refractivity (Wildman–Crippen MR) is 107 cm³/mol. The van der Waals surface area contributed by atoms with Gasteiger partial charge in [-0.2, -0.15) is 5.10 Å². The average molecular weight is 369 g/mol. The Morgan fingerprint density at radius 1 is 1.19 bits per heavy atom. The third-order valence-electron chi connectivity index (χ3n) is 4.12. The van der Waals surface area contributed by atoms with Gasteiger partial charge in [0.2, 0.25) is 5.91 Å². The van der Waals surface area contributed by atoms with Crippen LogP contribution in [0.25, 0.3) is 16.3 Å². The molecule has 2 heterocycles. The van der Waals surface area contributed by atoms with E-state index in [-0.39, 0.29) is 5.91 Å². The predicted octanol–water partition coefficient (Wildman–Crippen LogP) is 3.56. The number of aromatic nitrogens is 2. The van der Waals surface area contributed by atoms with Crippen LogP contribution in [-0.2, 0) is 11.3 Å². The van der Waals surface area contributed by atoms with E-state index in [2.05, 4.69) is 35.1 Å². The summed E-state index contributed by atoms with van der Waals surface area (Å²) in [4.78, 5) is 14.4. The Bertz CT molecular complexity index is 825. The Kier molecular flexibility index (Phi) is 6.20. The van der Waals surface area contributed by atoms with Crippen molar-refractivity contribution in [1.29, 1.82) is 0 Å². The molecule has 0 unspecified atom stereocenters. The smallest absolute Gasteiger partial charge is 0.222 e. The maximum atomic E-state index is 11.6. The van der Waals surface area contributed by atoms with Gasteiger partial charge in [-0.05, 0) is 36.5 Å². The van der Waals surface area contributed by atoms with Gasteiger partial charge in [0, 0.05) is 38.8 Å². The number of para-hydroxylation sites is 1. The molecule has 1 N–H and O–H groups in total. The minimum absolute atomic E-state index is 0.169. The van der Waals surface area contributed by atoms with Crippen LogP contribution in [0.2, 0.25) is 0 Å². The molecule has 3 aromatic rings. The van der Waals surface area contributed by atoms with Crippen LogP contribution >= 0.6 is 11.3 Å². The normalized spacial score (nSPS) is 10.8. The van der Waals surface area contributed by atoms with E-state index in [4.69, 9.17) is 5.10 Å². The molecular weight excluding hydrogens is 344 g/mol. The molecule has 26 heavy (non-hydrogen) atoms. The molecule has 0 saturated carbocycles. The number of hydrogen-bond acceptors (Lipinski definition) is 4. The van der Waals surface area contributed by atoms with Crippen LogP contribution in [0.3, 0.4) is 0 Å². The van der Waals surface area contributed by atoms with Crippen molar-refractivity contribution in [2.45, 2.75) is 19.4 Å². The SMILES string of the molecule is CN(C)C(=O)CCCNCc1cn(-c2ccccc2)nc1-c1cccs1.